The van der Waals surface area contributed by atoms with Gasteiger partial charge in [0.25, 0.3) is 6.01 Å². The first-order chi connectivity index (χ1) is 12.6. The molecule has 0 bridgehead atoms. The zero-order valence-electron chi connectivity index (χ0n) is 14.7. The zero-order valence-corrected chi connectivity index (χ0v) is 14.7. The number of carbonyl (C=O) groups excluding carboxylic acids is 1. The fraction of sp³-hybridized carbons (Fsp3) is 0.471. The van der Waals surface area contributed by atoms with Crippen molar-refractivity contribution in [2.45, 2.75) is 33.2 Å². The van der Waals surface area contributed by atoms with Crippen LogP contribution in [0.5, 0.6) is 0 Å². The van der Waals surface area contributed by atoms with Crippen molar-refractivity contribution in [3.8, 4) is 0 Å². The summed E-state index contributed by atoms with van der Waals surface area (Å²) in [5, 5.41) is 10.4. The lowest BCUT2D eigenvalue weighted by Crippen LogP contribution is -2.40. The SMILES string of the molecule is Cc1ccc2oc(N3CCC(C(=O)NCc4nonc4C)CC3)nc2n1. The molecule has 9 heteroatoms. The lowest BCUT2D eigenvalue weighted by molar-refractivity contribution is -0.125. The summed E-state index contributed by atoms with van der Waals surface area (Å²) in [6.07, 6.45) is 1.49. The number of anilines is 1. The van der Waals surface area contributed by atoms with E-state index in [1.807, 2.05) is 19.1 Å². The minimum Gasteiger partial charge on any atom is -0.422 e. The van der Waals surface area contributed by atoms with Gasteiger partial charge in [0.1, 0.15) is 11.4 Å². The van der Waals surface area contributed by atoms with Crippen molar-refractivity contribution in [2.75, 3.05) is 18.0 Å². The third-order valence-corrected chi connectivity index (χ3v) is 4.69. The van der Waals surface area contributed by atoms with Gasteiger partial charge in [-0.1, -0.05) is 10.3 Å². The molecule has 0 atom stereocenters. The number of pyridine rings is 1. The molecule has 1 saturated heterocycles. The number of oxazole rings is 1. The molecule has 1 aliphatic rings. The predicted octanol–water partition coefficient (Wildman–Crippen LogP) is 1.76. The number of nitrogens with one attached hydrogen (secondary N) is 1. The molecule has 136 valence electrons. The number of nitrogens with zero attached hydrogens (tertiary/aromatic N) is 5. The Labute approximate surface area is 149 Å². The van der Waals surface area contributed by atoms with Crippen LogP contribution in [-0.4, -0.2) is 39.3 Å². The van der Waals surface area contributed by atoms with Gasteiger partial charge in [-0.25, -0.2) is 9.61 Å². The van der Waals surface area contributed by atoms with Crippen LogP contribution in [0, 0.1) is 19.8 Å². The average molecular weight is 356 g/mol. The summed E-state index contributed by atoms with van der Waals surface area (Å²) in [5.41, 5.74) is 3.56. The van der Waals surface area contributed by atoms with Crippen LogP contribution in [0.3, 0.4) is 0 Å². The van der Waals surface area contributed by atoms with Gasteiger partial charge in [0.2, 0.25) is 11.6 Å². The standard InChI is InChI=1S/C17H20N6O3/c1-10-3-4-14-15(19-10)20-17(25-14)23-7-5-12(6-8-23)16(24)18-9-13-11(2)21-26-22-13/h3-4,12H,5-9H2,1-2H3,(H,18,24). The van der Waals surface area contributed by atoms with Gasteiger partial charge in [0.05, 0.1) is 6.54 Å². The number of amides is 1. The smallest absolute Gasteiger partial charge is 0.299 e. The predicted molar refractivity (Wildman–Crippen MR) is 92.4 cm³/mol. The van der Waals surface area contributed by atoms with Gasteiger partial charge < -0.3 is 14.6 Å². The normalized spacial score (nSPS) is 15.5. The fourth-order valence-corrected chi connectivity index (χ4v) is 3.10. The molecule has 4 heterocycles. The topological polar surface area (TPSA) is 110 Å². The maximum absolute atomic E-state index is 12.4. The molecule has 1 amide bonds. The monoisotopic (exact) mass is 356 g/mol. The van der Waals surface area contributed by atoms with Crippen LogP contribution in [0.1, 0.15) is 29.9 Å². The van der Waals surface area contributed by atoms with E-state index in [9.17, 15) is 4.79 Å². The van der Waals surface area contributed by atoms with Gasteiger partial charge in [-0.2, -0.15) is 4.98 Å². The van der Waals surface area contributed by atoms with Crippen LogP contribution >= 0.6 is 0 Å². The Morgan fingerprint density at radius 2 is 2.04 bits per heavy atom. The van der Waals surface area contributed by atoms with E-state index in [4.69, 9.17) is 4.42 Å². The van der Waals surface area contributed by atoms with E-state index < -0.39 is 0 Å². The second kappa shape index (κ2) is 6.74. The quantitative estimate of drug-likeness (QED) is 0.753. The summed E-state index contributed by atoms with van der Waals surface area (Å²) in [4.78, 5) is 23.3. The third-order valence-electron chi connectivity index (χ3n) is 4.69. The van der Waals surface area contributed by atoms with Gasteiger partial charge in [-0.3, -0.25) is 4.79 Å². The van der Waals surface area contributed by atoms with Crippen LogP contribution in [-0.2, 0) is 11.3 Å². The number of hydrogen-bond acceptors (Lipinski definition) is 8. The van der Waals surface area contributed by atoms with Crippen molar-refractivity contribution in [3.63, 3.8) is 0 Å². The molecule has 1 aliphatic heterocycles. The van der Waals surface area contributed by atoms with Gasteiger partial charge in [-0.15, -0.1) is 0 Å². The van der Waals surface area contributed by atoms with E-state index in [0.717, 1.165) is 18.5 Å². The number of rotatable bonds is 4. The molecule has 3 aromatic rings. The van der Waals surface area contributed by atoms with Crippen LogP contribution < -0.4 is 10.2 Å². The summed E-state index contributed by atoms with van der Waals surface area (Å²) in [7, 11) is 0. The molecule has 1 fully saturated rings. The molecule has 0 saturated carbocycles. The summed E-state index contributed by atoms with van der Waals surface area (Å²) >= 11 is 0. The van der Waals surface area contributed by atoms with Crippen molar-refractivity contribution in [3.05, 3.63) is 29.2 Å². The molecule has 4 rings (SSSR count). The highest BCUT2D eigenvalue weighted by atomic mass is 16.6. The average Bonchev–Trinajstić information content (AvgIpc) is 3.25. The Bertz CT molecular complexity index is 926. The lowest BCUT2D eigenvalue weighted by atomic mass is 9.96. The van der Waals surface area contributed by atoms with Crippen molar-refractivity contribution in [1.29, 1.82) is 0 Å². The maximum atomic E-state index is 12.4. The number of aryl methyl sites for hydroxylation is 2. The second-order valence-corrected chi connectivity index (χ2v) is 6.55. The van der Waals surface area contributed by atoms with E-state index in [1.54, 1.807) is 6.92 Å². The summed E-state index contributed by atoms with van der Waals surface area (Å²) in [5.74, 6) is -0.00179. The molecule has 0 unspecified atom stereocenters. The number of hydrogen-bond donors (Lipinski definition) is 1. The van der Waals surface area contributed by atoms with Crippen LogP contribution in [0.2, 0.25) is 0 Å². The van der Waals surface area contributed by atoms with Crippen molar-refractivity contribution in [2.24, 2.45) is 5.92 Å². The van der Waals surface area contributed by atoms with Gasteiger partial charge in [-0.05, 0) is 38.8 Å². The van der Waals surface area contributed by atoms with Crippen molar-refractivity contribution in [1.82, 2.24) is 25.6 Å². The molecule has 1 N–H and O–H groups in total. The van der Waals surface area contributed by atoms with Crippen molar-refractivity contribution < 1.29 is 13.8 Å². The van der Waals surface area contributed by atoms with Crippen LogP contribution in [0.4, 0.5) is 6.01 Å². The second-order valence-electron chi connectivity index (χ2n) is 6.55. The Hall–Kier alpha value is -2.97. The first kappa shape index (κ1) is 16.5. The van der Waals surface area contributed by atoms with Gasteiger partial charge in [0, 0.05) is 24.7 Å². The Morgan fingerprint density at radius 1 is 1.23 bits per heavy atom. The fourth-order valence-electron chi connectivity index (χ4n) is 3.10. The highest BCUT2D eigenvalue weighted by Crippen LogP contribution is 2.26. The Morgan fingerprint density at radius 3 is 2.77 bits per heavy atom. The zero-order chi connectivity index (χ0) is 18.1. The van der Waals surface area contributed by atoms with Crippen LogP contribution in [0.15, 0.2) is 21.2 Å². The minimum atomic E-state index is -0.0313. The van der Waals surface area contributed by atoms with E-state index in [-0.39, 0.29) is 11.8 Å². The van der Waals surface area contributed by atoms with E-state index in [1.165, 1.54) is 0 Å². The van der Waals surface area contributed by atoms with E-state index in [0.29, 0.717) is 48.3 Å². The molecule has 9 nitrogen and oxygen atoms in total. The maximum Gasteiger partial charge on any atom is 0.299 e. The third kappa shape index (κ3) is 3.24. The van der Waals surface area contributed by atoms with Crippen LogP contribution in [0.25, 0.3) is 11.2 Å². The first-order valence-corrected chi connectivity index (χ1v) is 8.65. The molecule has 0 aliphatic carbocycles. The van der Waals surface area contributed by atoms with Gasteiger partial charge in [0.15, 0.2) is 5.58 Å². The van der Waals surface area contributed by atoms with Crippen molar-refractivity contribution >= 4 is 23.2 Å². The summed E-state index contributed by atoms with van der Waals surface area (Å²) < 4.78 is 10.4. The summed E-state index contributed by atoms with van der Waals surface area (Å²) in [6, 6.07) is 4.36. The highest BCUT2D eigenvalue weighted by molar-refractivity contribution is 5.79. The largest absolute Gasteiger partial charge is 0.422 e. The highest BCUT2D eigenvalue weighted by Gasteiger charge is 2.27. The molecular formula is C17H20N6O3. The molecule has 0 radical (unpaired) electrons. The number of piperidine rings is 1. The molecule has 0 aromatic carbocycles. The van der Waals surface area contributed by atoms with E-state index >= 15 is 0 Å². The van der Waals surface area contributed by atoms with Gasteiger partial charge >= 0.3 is 0 Å². The minimum absolute atomic E-state index is 0.0295. The molecular weight excluding hydrogens is 336 g/mol. The summed E-state index contributed by atoms with van der Waals surface area (Å²) in [6.45, 7) is 5.50. The lowest BCUT2D eigenvalue weighted by Gasteiger charge is -2.29. The van der Waals surface area contributed by atoms with E-state index in [2.05, 4.69) is 35.1 Å². The molecule has 3 aromatic heterocycles. The first-order valence-electron chi connectivity index (χ1n) is 8.65. The Balaban J connectivity index is 1.34. The number of aromatic nitrogens is 4. The molecule has 26 heavy (non-hydrogen) atoms. The Kier molecular flexibility index (Phi) is 4.27. The number of fused-ring (bicyclic) bond motifs is 1. The number of carbonyl (C=O) groups is 1. The molecule has 0 spiro atoms.